The van der Waals surface area contributed by atoms with E-state index in [4.69, 9.17) is 10.4 Å². The van der Waals surface area contributed by atoms with Crippen LogP contribution in [0, 0.1) is 0 Å². The van der Waals surface area contributed by atoms with Crippen LogP contribution in [0.25, 0.3) is 0 Å². The summed E-state index contributed by atoms with van der Waals surface area (Å²) < 4.78 is 7.05. The summed E-state index contributed by atoms with van der Waals surface area (Å²) in [6.07, 6.45) is 2.07. The zero-order valence-electron chi connectivity index (χ0n) is 13.9. The zero-order valence-corrected chi connectivity index (χ0v) is 13.9. The van der Waals surface area contributed by atoms with E-state index in [1.54, 1.807) is 18.3 Å². The molecular weight excluding hydrogens is 323 g/mol. The molecule has 130 valence electrons. The van der Waals surface area contributed by atoms with Gasteiger partial charge >= 0.3 is 7.12 Å². The van der Waals surface area contributed by atoms with Crippen LogP contribution < -0.4 is 10.4 Å². The molecule has 8 nitrogen and oxygen atoms in total. The molecular formula is C16H19BN4O4. The highest BCUT2D eigenvalue weighted by Crippen LogP contribution is 2.36. The van der Waals surface area contributed by atoms with Crippen LogP contribution in [0.5, 0.6) is 5.75 Å². The average molecular weight is 342 g/mol. The molecule has 3 rings (SSSR count). The monoisotopic (exact) mass is 342 g/mol. The van der Waals surface area contributed by atoms with Gasteiger partial charge in [-0.25, -0.2) is 0 Å². The van der Waals surface area contributed by atoms with Crippen LogP contribution in [0.3, 0.4) is 0 Å². The van der Waals surface area contributed by atoms with Gasteiger partial charge in [-0.1, -0.05) is 17.3 Å². The van der Waals surface area contributed by atoms with Crippen molar-refractivity contribution in [3.63, 3.8) is 0 Å². The van der Waals surface area contributed by atoms with E-state index in [0.717, 1.165) is 5.56 Å². The maximum Gasteiger partial charge on any atom is 0.526 e. The first kappa shape index (κ1) is 17.3. The Balaban J connectivity index is 1.74. The number of hydrogen-bond acceptors (Lipinski definition) is 7. The van der Waals surface area contributed by atoms with Gasteiger partial charge in [-0.2, -0.15) is 0 Å². The van der Waals surface area contributed by atoms with E-state index >= 15 is 0 Å². The SMILES string of the molecule is CC(=O)c1cccc2c1OB(O)[C@@H](CC(=O)c1cn(CCN)nn1)C2. The van der Waals surface area contributed by atoms with E-state index in [-0.39, 0.29) is 23.7 Å². The van der Waals surface area contributed by atoms with Crippen molar-refractivity contribution in [2.75, 3.05) is 6.54 Å². The molecule has 3 N–H and O–H groups in total. The Labute approximate surface area is 145 Å². The second-order valence-electron chi connectivity index (χ2n) is 6.11. The highest BCUT2D eigenvalue weighted by atomic mass is 16.5. The van der Waals surface area contributed by atoms with Crippen LogP contribution in [-0.4, -0.2) is 45.2 Å². The van der Waals surface area contributed by atoms with Gasteiger partial charge in [-0.05, 0) is 25.0 Å². The van der Waals surface area contributed by atoms with Crippen LogP contribution in [-0.2, 0) is 13.0 Å². The highest BCUT2D eigenvalue weighted by Gasteiger charge is 2.37. The lowest BCUT2D eigenvalue weighted by Crippen LogP contribution is -2.35. The van der Waals surface area contributed by atoms with E-state index in [1.807, 2.05) is 6.07 Å². The smallest absolute Gasteiger partial charge is 0.526 e. The number of nitrogens with two attached hydrogens (primary N) is 1. The Kier molecular flexibility index (Phi) is 4.96. The van der Waals surface area contributed by atoms with Crippen LogP contribution >= 0.6 is 0 Å². The van der Waals surface area contributed by atoms with Gasteiger partial charge in [0.25, 0.3) is 0 Å². The third-order valence-corrected chi connectivity index (χ3v) is 4.23. The predicted molar refractivity (Wildman–Crippen MR) is 90.5 cm³/mol. The van der Waals surface area contributed by atoms with Gasteiger partial charge in [0.1, 0.15) is 11.4 Å². The second kappa shape index (κ2) is 7.16. The maximum atomic E-state index is 12.4. The van der Waals surface area contributed by atoms with Crippen molar-refractivity contribution in [2.24, 2.45) is 5.73 Å². The Morgan fingerprint density at radius 1 is 1.48 bits per heavy atom. The van der Waals surface area contributed by atoms with Crippen LogP contribution in [0.2, 0.25) is 5.82 Å². The lowest BCUT2D eigenvalue weighted by molar-refractivity contribution is 0.0967. The molecule has 0 aliphatic carbocycles. The summed E-state index contributed by atoms with van der Waals surface area (Å²) in [6, 6.07) is 5.27. The number of rotatable bonds is 6. The standard InChI is InChI=1S/C16H19BN4O4/c1-10(22)13-4-2-3-11-7-12(17(24)25-16(11)13)8-15(23)14-9-21(6-5-18)20-19-14/h2-4,9,12,24H,5-8,18H2,1H3/t12-/m1/s1. The molecule has 1 atom stereocenters. The molecule has 0 radical (unpaired) electrons. The molecule has 1 aliphatic rings. The number of fused-ring (bicyclic) bond motifs is 1. The number of carbonyl (C=O) groups excluding carboxylic acids is 2. The fourth-order valence-corrected chi connectivity index (χ4v) is 2.95. The number of ketones is 2. The van der Waals surface area contributed by atoms with Gasteiger partial charge in [0.2, 0.25) is 0 Å². The quantitative estimate of drug-likeness (QED) is 0.579. The number of nitrogens with zero attached hydrogens (tertiary/aromatic N) is 3. The predicted octanol–water partition coefficient (Wildman–Crippen LogP) is 0.498. The van der Waals surface area contributed by atoms with Crippen molar-refractivity contribution in [3.8, 4) is 5.75 Å². The van der Waals surface area contributed by atoms with Crippen LogP contribution in [0.4, 0.5) is 0 Å². The number of benzene rings is 1. The van der Waals surface area contributed by atoms with Crippen molar-refractivity contribution < 1.29 is 19.3 Å². The molecule has 1 aromatic heterocycles. The summed E-state index contributed by atoms with van der Waals surface area (Å²) in [5.74, 6) is -0.362. The molecule has 0 amide bonds. The highest BCUT2D eigenvalue weighted by molar-refractivity contribution is 6.47. The molecule has 2 heterocycles. The van der Waals surface area contributed by atoms with Crippen molar-refractivity contribution in [3.05, 3.63) is 41.2 Å². The summed E-state index contributed by atoms with van der Waals surface area (Å²) >= 11 is 0. The normalized spacial score (nSPS) is 16.3. The lowest BCUT2D eigenvalue weighted by Gasteiger charge is -2.28. The number of para-hydroxylation sites is 1. The maximum absolute atomic E-state index is 12.4. The fraction of sp³-hybridized carbons (Fsp3) is 0.375. The number of aromatic nitrogens is 3. The summed E-state index contributed by atoms with van der Waals surface area (Å²) in [6.45, 7) is 2.34. The molecule has 1 aliphatic heterocycles. The first-order valence-electron chi connectivity index (χ1n) is 8.10. The molecule has 0 fully saturated rings. The first-order chi connectivity index (χ1) is 12.0. The summed E-state index contributed by atoms with van der Waals surface area (Å²) in [7, 11) is -1.16. The summed E-state index contributed by atoms with van der Waals surface area (Å²) in [4.78, 5) is 24.1. The third kappa shape index (κ3) is 3.62. The summed E-state index contributed by atoms with van der Waals surface area (Å²) in [5.41, 5.74) is 6.93. The topological polar surface area (TPSA) is 120 Å². The molecule has 1 aromatic carbocycles. The van der Waals surface area contributed by atoms with Crippen LogP contribution in [0.1, 0.15) is 39.8 Å². The van der Waals surface area contributed by atoms with E-state index in [1.165, 1.54) is 11.6 Å². The van der Waals surface area contributed by atoms with Gasteiger partial charge in [-0.15, -0.1) is 5.10 Å². The van der Waals surface area contributed by atoms with Gasteiger partial charge in [0, 0.05) is 18.8 Å². The van der Waals surface area contributed by atoms with E-state index in [2.05, 4.69) is 10.3 Å². The Morgan fingerprint density at radius 3 is 3.00 bits per heavy atom. The second-order valence-corrected chi connectivity index (χ2v) is 6.11. The fourth-order valence-electron chi connectivity index (χ4n) is 2.95. The molecule has 0 saturated heterocycles. The number of carbonyl (C=O) groups is 2. The van der Waals surface area contributed by atoms with E-state index in [0.29, 0.717) is 30.8 Å². The van der Waals surface area contributed by atoms with Crippen molar-refractivity contribution in [1.29, 1.82) is 0 Å². The van der Waals surface area contributed by atoms with Gasteiger partial charge in [-0.3, -0.25) is 14.3 Å². The van der Waals surface area contributed by atoms with Crippen molar-refractivity contribution in [1.82, 2.24) is 15.0 Å². The number of hydrogen-bond donors (Lipinski definition) is 2. The molecule has 0 bridgehead atoms. The van der Waals surface area contributed by atoms with Gasteiger partial charge in [0.15, 0.2) is 11.6 Å². The zero-order chi connectivity index (χ0) is 18.0. The lowest BCUT2D eigenvalue weighted by atomic mass is 9.64. The molecule has 25 heavy (non-hydrogen) atoms. The Bertz CT molecular complexity index is 807. The molecule has 0 saturated carbocycles. The Hall–Kier alpha value is -2.52. The largest absolute Gasteiger partial charge is 0.535 e. The number of Topliss-reactive ketones (excluding diaryl/α,β-unsaturated/α-hetero) is 2. The third-order valence-electron chi connectivity index (χ3n) is 4.23. The minimum Gasteiger partial charge on any atom is -0.535 e. The molecule has 0 unspecified atom stereocenters. The van der Waals surface area contributed by atoms with Gasteiger partial charge < -0.3 is 15.4 Å². The molecule has 0 spiro atoms. The molecule has 9 heteroatoms. The van der Waals surface area contributed by atoms with Crippen molar-refractivity contribution in [2.45, 2.75) is 32.1 Å². The first-order valence-corrected chi connectivity index (χ1v) is 8.10. The minimum atomic E-state index is -1.16. The Morgan fingerprint density at radius 2 is 2.28 bits per heavy atom. The van der Waals surface area contributed by atoms with E-state index in [9.17, 15) is 14.6 Å². The average Bonchev–Trinajstić information content (AvgIpc) is 3.04. The minimum absolute atomic E-state index is 0.0756. The van der Waals surface area contributed by atoms with E-state index < -0.39 is 12.9 Å². The van der Waals surface area contributed by atoms with Crippen LogP contribution in [0.15, 0.2) is 24.4 Å². The summed E-state index contributed by atoms with van der Waals surface area (Å²) in [5, 5.41) is 18.0. The molecule has 2 aromatic rings. The van der Waals surface area contributed by atoms with Crippen molar-refractivity contribution >= 4 is 18.7 Å². The van der Waals surface area contributed by atoms with Gasteiger partial charge in [0.05, 0.1) is 18.3 Å².